The fourth-order valence-electron chi connectivity index (χ4n) is 3.78. The number of nitrogens with zero attached hydrogens (tertiary/aromatic N) is 1. The molecule has 0 bridgehead atoms. The molecule has 0 aliphatic carbocycles. The van der Waals surface area contributed by atoms with Crippen LogP contribution in [0.1, 0.15) is 61.4 Å². The Morgan fingerprint density at radius 1 is 0.967 bits per heavy atom. The van der Waals surface area contributed by atoms with Crippen molar-refractivity contribution in [1.82, 2.24) is 10.2 Å². The zero-order valence-corrected chi connectivity index (χ0v) is 19.3. The van der Waals surface area contributed by atoms with Gasteiger partial charge < -0.3 is 10.2 Å². The number of rotatable bonds is 9. The van der Waals surface area contributed by atoms with Gasteiger partial charge in [0.15, 0.2) is 0 Å². The average Bonchev–Trinajstić information content (AvgIpc) is 2.68. The van der Waals surface area contributed by atoms with E-state index in [1.807, 2.05) is 65.8 Å². The van der Waals surface area contributed by atoms with Gasteiger partial charge in [-0.2, -0.15) is 0 Å². The zero-order chi connectivity index (χ0) is 22.3. The molecule has 0 spiro atoms. The Hall–Kier alpha value is -2.62. The van der Waals surface area contributed by atoms with Gasteiger partial charge in [-0.1, -0.05) is 67.4 Å². The van der Waals surface area contributed by atoms with Crippen LogP contribution in [-0.4, -0.2) is 28.8 Å². The fraction of sp³-hybridized carbons (Fsp3) is 0.462. The number of nitrogens with one attached hydrogen (secondary N) is 1. The number of carbonyl (C=O) groups is 2. The zero-order valence-electron chi connectivity index (χ0n) is 19.3. The Kier molecular flexibility index (Phi) is 8.64. The molecule has 4 nitrogen and oxygen atoms in total. The lowest BCUT2D eigenvalue weighted by Crippen LogP contribution is -2.51. The predicted molar refractivity (Wildman–Crippen MR) is 123 cm³/mol. The topological polar surface area (TPSA) is 49.4 Å². The number of aryl methyl sites for hydroxylation is 3. The lowest BCUT2D eigenvalue weighted by molar-refractivity contribution is -0.141. The fourth-order valence-corrected chi connectivity index (χ4v) is 3.78. The standard InChI is InChI=1S/C26H36N2O2/c1-7-21(6)27-26(30)24(8-2)28(17-23-12-10-9-11-20(23)5)25(29)16-22-14-18(3)13-19(4)15-22/h9-15,21,24H,7-8,16-17H2,1-6H3,(H,27,30)/t21-,24+/m0/s1. The van der Waals surface area contributed by atoms with Crippen LogP contribution in [-0.2, 0) is 22.6 Å². The first-order chi connectivity index (χ1) is 14.2. The molecule has 0 fully saturated rings. The monoisotopic (exact) mass is 408 g/mol. The van der Waals surface area contributed by atoms with Gasteiger partial charge in [-0.25, -0.2) is 0 Å². The lowest BCUT2D eigenvalue weighted by atomic mass is 10.0. The molecule has 2 rings (SSSR count). The van der Waals surface area contributed by atoms with Crippen molar-refractivity contribution in [3.05, 3.63) is 70.3 Å². The number of hydrogen-bond donors (Lipinski definition) is 1. The Balaban J connectivity index is 2.34. The summed E-state index contributed by atoms with van der Waals surface area (Å²) in [7, 11) is 0. The van der Waals surface area contributed by atoms with Crippen molar-refractivity contribution in [1.29, 1.82) is 0 Å². The SMILES string of the molecule is CC[C@H](C(=O)N[C@@H](C)CC)N(Cc1ccccc1C)C(=O)Cc1cc(C)cc(C)c1. The Morgan fingerprint density at radius 2 is 1.60 bits per heavy atom. The molecule has 0 aliphatic heterocycles. The third-order valence-electron chi connectivity index (χ3n) is 5.63. The van der Waals surface area contributed by atoms with Crippen molar-refractivity contribution in [2.75, 3.05) is 0 Å². The Labute approximate surface area is 181 Å². The maximum Gasteiger partial charge on any atom is 0.243 e. The molecular weight excluding hydrogens is 372 g/mol. The summed E-state index contributed by atoms with van der Waals surface area (Å²) in [4.78, 5) is 28.2. The first kappa shape index (κ1) is 23.7. The van der Waals surface area contributed by atoms with Gasteiger partial charge in [0.05, 0.1) is 6.42 Å². The van der Waals surface area contributed by atoms with E-state index in [9.17, 15) is 9.59 Å². The summed E-state index contributed by atoms with van der Waals surface area (Å²) in [5.41, 5.74) is 5.47. The molecule has 2 atom stereocenters. The molecule has 4 heteroatoms. The van der Waals surface area contributed by atoms with E-state index >= 15 is 0 Å². The van der Waals surface area contributed by atoms with E-state index in [-0.39, 0.29) is 17.9 Å². The van der Waals surface area contributed by atoms with Crippen LogP contribution in [0, 0.1) is 20.8 Å². The summed E-state index contributed by atoms with van der Waals surface area (Å²) in [5, 5.41) is 3.07. The van der Waals surface area contributed by atoms with Gasteiger partial charge in [0.25, 0.3) is 0 Å². The molecule has 30 heavy (non-hydrogen) atoms. The highest BCUT2D eigenvalue weighted by atomic mass is 16.2. The molecule has 2 amide bonds. The second kappa shape index (κ2) is 11.0. The summed E-state index contributed by atoms with van der Waals surface area (Å²) in [5.74, 6) is -0.0939. The minimum atomic E-state index is -0.489. The second-order valence-corrected chi connectivity index (χ2v) is 8.36. The molecule has 0 radical (unpaired) electrons. The van der Waals surface area contributed by atoms with Crippen LogP contribution < -0.4 is 5.32 Å². The average molecular weight is 409 g/mol. The first-order valence-corrected chi connectivity index (χ1v) is 11.0. The van der Waals surface area contributed by atoms with E-state index in [2.05, 4.69) is 23.5 Å². The summed E-state index contributed by atoms with van der Waals surface area (Å²) in [6.07, 6.45) is 1.73. The van der Waals surface area contributed by atoms with Crippen molar-refractivity contribution in [3.63, 3.8) is 0 Å². The molecular formula is C26H36N2O2. The molecule has 2 aromatic carbocycles. The van der Waals surface area contributed by atoms with Crippen LogP contribution in [0.25, 0.3) is 0 Å². The molecule has 2 aromatic rings. The van der Waals surface area contributed by atoms with Crippen molar-refractivity contribution >= 4 is 11.8 Å². The highest BCUT2D eigenvalue weighted by molar-refractivity contribution is 5.88. The van der Waals surface area contributed by atoms with Crippen molar-refractivity contribution in [2.24, 2.45) is 0 Å². The molecule has 1 N–H and O–H groups in total. The van der Waals surface area contributed by atoms with Crippen molar-refractivity contribution in [2.45, 2.75) is 79.4 Å². The Bertz CT molecular complexity index is 855. The molecule has 162 valence electrons. The third kappa shape index (κ3) is 6.45. The molecule has 0 heterocycles. The Morgan fingerprint density at radius 3 is 2.17 bits per heavy atom. The summed E-state index contributed by atoms with van der Waals surface area (Å²) < 4.78 is 0. The van der Waals surface area contributed by atoms with E-state index in [4.69, 9.17) is 0 Å². The minimum absolute atomic E-state index is 0.0191. The molecule has 0 saturated heterocycles. The van der Waals surface area contributed by atoms with Gasteiger partial charge in [0.1, 0.15) is 6.04 Å². The minimum Gasteiger partial charge on any atom is -0.352 e. The quantitative estimate of drug-likeness (QED) is 0.643. The van der Waals surface area contributed by atoms with Crippen molar-refractivity contribution in [3.8, 4) is 0 Å². The highest BCUT2D eigenvalue weighted by Crippen LogP contribution is 2.18. The number of hydrogen-bond acceptors (Lipinski definition) is 2. The largest absolute Gasteiger partial charge is 0.352 e. The summed E-state index contributed by atoms with van der Waals surface area (Å²) >= 11 is 0. The van der Waals surface area contributed by atoms with Crippen molar-refractivity contribution < 1.29 is 9.59 Å². The van der Waals surface area contributed by atoms with E-state index in [0.29, 0.717) is 19.4 Å². The maximum atomic E-state index is 13.5. The lowest BCUT2D eigenvalue weighted by Gasteiger charge is -2.32. The normalized spacial score (nSPS) is 12.9. The third-order valence-corrected chi connectivity index (χ3v) is 5.63. The number of benzene rings is 2. The van der Waals surface area contributed by atoms with E-state index < -0.39 is 6.04 Å². The molecule has 0 saturated carbocycles. The highest BCUT2D eigenvalue weighted by Gasteiger charge is 2.29. The predicted octanol–water partition coefficient (Wildman–Crippen LogP) is 4.88. The summed E-state index contributed by atoms with van der Waals surface area (Å²) in [6.45, 7) is 12.6. The van der Waals surface area contributed by atoms with Crippen LogP contribution in [0.5, 0.6) is 0 Å². The maximum absolute atomic E-state index is 13.5. The van der Waals surface area contributed by atoms with E-state index in [1.165, 1.54) is 0 Å². The molecule has 0 aromatic heterocycles. The molecule has 0 aliphatic rings. The van der Waals surface area contributed by atoms with Crippen LogP contribution in [0.4, 0.5) is 0 Å². The van der Waals surface area contributed by atoms with Gasteiger partial charge in [-0.3, -0.25) is 9.59 Å². The second-order valence-electron chi connectivity index (χ2n) is 8.36. The smallest absolute Gasteiger partial charge is 0.243 e. The van der Waals surface area contributed by atoms with Gasteiger partial charge in [0, 0.05) is 12.6 Å². The first-order valence-electron chi connectivity index (χ1n) is 11.0. The van der Waals surface area contributed by atoms with Crippen LogP contribution in [0.2, 0.25) is 0 Å². The van der Waals surface area contributed by atoms with E-state index in [1.54, 1.807) is 4.90 Å². The van der Waals surface area contributed by atoms with Crippen LogP contribution in [0.3, 0.4) is 0 Å². The number of amides is 2. The van der Waals surface area contributed by atoms with E-state index in [0.717, 1.165) is 34.2 Å². The molecule has 0 unspecified atom stereocenters. The van der Waals surface area contributed by atoms with Crippen LogP contribution in [0.15, 0.2) is 42.5 Å². The van der Waals surface area contributed by atoms with Gasteiger partial charge in [-0.15, -0.1) is 0 Å². The summed E-state index contributed by atoms with van der Waals surface area (Å²) in [6, 6.07) is 13.9. The number of carbonyl (C=O) groups excluding carboxylic acids is 2. The van der Waals surface area contributed by atoms with Gasteiger partial charge in [0.2, 0.25) is 11.8 Å². The van der Waals surface area contributed by atoms with Gasteiger partial charge in [-0.05, 0) is 57.2 Å². The van der Waals surface area contributed by atoms with Crippen LogP contribution >= 0.6 is 0 Å². The van der Waals surface area contributed by atoms with Gasteiger partial charge >= 0.3 is 0 Å².